The van der Waals surface area contributed by atoms with Crippen LogP contribution in [0, 0.1) is 5.92 Å². The van der Waals surface area contributed by atoms with Crippen molar-refractivity contribution >= 4 is 29.7 Å². The molecule has 37 heavy (non-hydrogen) atoms. The molecule has 0 heterocycles. The molecule has 0 saturated heterocycles. The maximum atomic E-state index is 13.0. The van der Waals surface area contributed by atoms with E-state index in [0.717, 1.165) is 0 Å². The highest BCUT2D eigenvalue weighted by molar-refractivity contribution is 5.93. The van der Waals surface area contributed by atoms with Crippen LogP contribution in [0.2, 0.25) is 0 Å². The van der Waals surface area contributed by atoms with Gasteiger partial charge in [0.2, 0.25) is 17.7 Å². The standard InChI is InChI=1S/C24H39N7O6/c1-13(2)11-18(22(35)31-19(23(36)37)12-15-6-8-16(32)9-7-15)30-20(33)14(3)29-21(34)17(25)5-4-10-28-24(26)27/h6-9,13-14,17-19,32H,4-5,10-12,25H2,1-3H3,(H,29,34)(H,30,33)(H,31,35)(H,36,37)(H4,26,27,28). The van der Waals surface area contributed by atoms with Gasteiger partial charge in [-0.25, -0.2) is 4.79 Å². The molecule has 1 rings (SSSR count). The Bertz CT molecular complexity index is 947. The number of hydrogen-bond donors (Lipinski definition) is 8. The van der Waals surface area contributed by atoms with Crippen molar-refractivity contribution in [2.75, 3.05) is 6.54 Å². The first-order valence-electron chi connectivity index (χ1n) is 12.0. The van der Waals surface area contributed by atoms with E-state index < -0.39 is 47.9 Å². The molecule has 0 bridgehead atoms. The maximum Gasteiger partial charge on any atom is 0.326 e. The monoisotopic (exact) mass is 521 g/mol. The van der Waals surface area contributed by atoms with Crippen LogP contribution in [0.3, 0.4) is 0 Å². The lowest BCUT2D eigenvalue weighted by molar-refractivity contribution is -0.142. The maximum absolute atomic E-state index is 13.0. The molecule has 3 amide bonds. The Morgan fingerprint density at radius 2 is 1.51 bits per heavy atom. The van der Waals surface area contributed by atoms with Crippen molar-refractivity contribution in [2.45, 2.75) is 70.6 Å². The highest BCUT2D eigenvalue weighted by atomic mass is 16.4. The fourth-order valence-corrected chi connectivity index (χ4v) is 3.38. The number of aromatic hydroxyl groups is 1. The predicted molar refractivity (Wildman–Crippen MR) is 138 cm³/mol. The zero-order chi connectivity index (χ0) is 28.1. The van der Waals surface area contributed by atoms with E-state index in [2.05, 4.69) is 20.9 Å². The molecule has 0 aliphatic heterocycles. The van der Waals surface area contributed by atoms with Gasteiger partial charge in [-0.15, -0.1) is 0 Å². The van der Waals surface area contributed by atoms with Gasteiger partial charge in [-0.3, -0.25) is 19.4 Å². The number of rotatable bonds is 15. The van der Waals surface area contributed by atoms with Crippen LogP contribution in [0.15, 0.2) is 29.3 Å². The highest BCUT2D eigenvalue weighted by Crippen LogP contribution is 2.12. The molecule has 4 unspecified atom stereocenters. The van der Waals surface area contributed by atoms with Gasteiger partial charge in [0.15, 0.2) is 5.96 Å². The molecule has 0 spiro atoms. The number of carboxylic acids is 1. The number of guanidine groups is 1. The number of aliphatic carboxylic acids is 1. The Balaban J connectivity index is 2.76. The fraction of sp³-hybridized carbons (Fsp3) is 0.542. The number of phenolic OH excluding ortho intramolecular Hbond substituents is 1. The molecule has 1 aromatic rings. The minimum atomic E-state index is -1.25. The number of benzene rings is 1. The molecule has 13 nitrogen and oxygen atoms in total. The molecule has 0 fully saturated rings. The van der Waals surface area contributed by atoms with Gasteiger partial charge in [-0.1, -0.05) is 26.0 Å². The van der Waals surface area contributed by atoms with Crippen LogP contribution in [0.4, 0.5) is 0 Å². The van der Waals surface area contributed by atoms with Crippen molar-refractivity contribution in [2.24, 2.45) is 28.1 Å². The first-order valence-corrected chi connectivity index (χ1v) is 12.0. The van der Waals surface area contributed by atoms with E-state index >= 15 is 0 Å². The van der Waals surface area contributed by atoms with Gasteiger partial charge in [0.05, 0.1) is 6.04 Å². The molecular formula is C24H39N7O6. The van der Waals surface area contributed by atoms with Crippen LogP contribution in [0.1, 0.15) is 45.6 Å². The minimum absolute atomic E-state index is 0.0000346. The first kappa shape index (κ1) is 31.2. The van der Waals surface area contributed by atoms with Gasteiger partial charge >= 0.3 is 5.97 Å². The lowest BCUT2D eigenvalue weighted by atomic mass is 10.0. The third-order valence-electron chi connectivity index (χ3n) is 5.39. The Morgan fingerprint density at radius 1 is 0.919 bits per heavy atom. The second kappa shape index (κ2) is 15.3. The molecule has 13 heteroatoms. The molecule has 0 saturated carbocycles. The van der Waals surface area contributed by atoms with E-state index in [1.165, 1.54) is 19.1 Å². The van der Waals surface area contributed by atoms with E-state index in [9.17, 15) is 29.4 Å². The molecule has 0 aromatic heterocycles. The lowest BCUT2D eigenvalue weighted by Crippen LogP contribution is -2.56. The summed E-state index contributed by atoms with van der Waals surface area (Å²) in [7, 11) is 0. The van der Waals surface area contributed by atoms with Crippen LogP contribution in [-0.4, -0.2) is 70.6 Å². The van der Waals surface area contributed by atoms with Gasteiger partial charge in [0.25, 0.3) is 0 Å². The molecule has 0 aliphatic carbocycles. The van der Waals surface area contributed by atoms with E-state index in [0.29, 0.717) is 24.9 Å². The summed E-state index contributed by atoms with van der Waals surface area (Å²) in [4.78, 5) is 53.6. The topological polar surface area (TPSA) is 235 Å². The van der Waals surface area contributed by atoms with Gasteiger partial charge in [-0.2, -0.15) is 0 Å². The van der Waals surface area contributed by atoms with Crippen molar-refractivity contribution in [3.05, 3.63) is 29.8 Å². The van der Waals surface area contributed by atoms with Crippen LogP contribution in [0.25, 0.3) is 0 Å². The van der Waals surface area contributed by atoms with Crippen molar-refractivity contribution in [3.63, 3.8) is 0 Å². The Morgan fingerprint density at radius 3 is 2.05 bits per heavy atom. The summed E-state index contributed by atoms with van der Waals surface area (Å²) in [6, 6.07) is 1.80. The molecule has 206 valence electrons. The number of nitrogens with zero attached hydrogens (tertiary/aromatic N) is 1. The average Bonchev–Trinajstić information content (AvgIpc) is 2.81. The summed E-state index contributed by atoms with van der Waals surface area (Å²) in [5, 5.41) is 26.6. The summed E-state index contributed by atoms with van der Waals surface area (Å²) in [5.41, 5.74) is 17.0. The summed E-state index contributed by atoms with van der Waals surface area (Å²) in [6.45, 7) is 5.47. The first-order chi connectivity index (χ1) is 17.3. The van der Waals surface area contributed by atoms with Crippen molar-refractivity contribution in [1.82, 2.24) is 16.0 Å². The van der Waals surface area contributed by atoms with E-state index in [-0.39, 0.29) is 30.5 Å². The highest BCUT2D eigenvalue weighted by Gasteiger charge is 2.29. The molecular weight excluding hydrogens is 482 g/mol. The number of aliphatic imine (C=N–C) groups is 1. The van der Waals surface area contributed by atoms with E-state index in [1.807, 2.05) is 13.8 Å². The zero-order valence-corrected chi connectivity index (χ0v) is 21.4. The normalized spacial score (nSPS) is 14.1. The Kier molecular flexibility index (Phi) is 12.9. The summed E-state index contributed by atoms with van der Waals surface area (Å²) in [6.07, 6.45) is 0.997. The van der Waals surface area contributed by atoms with Crippen LogP contribution < -0.4 is 33.2 Å². The number of hydrogen-bond acceptors (Lipinski definition) is 7. The number of nitrogens with two attached hydrogens (primary N) is 3. The number of carbonyl (C=O) groups excluding carboxylic acids is 3. The van der Waals surface area contributed by atoms with Gasteiger partial charge in [0, 0.05) is 13.0 Å². The third kappa shape index (κ3) is 12.1. The molecule has 0 radical (unpaired) electrons. The average molecular weight is 522 g/mol. The molecule has 1 aromatic carbocycles. The number of amides is 3. The fourth-order valence-electron chi connectivity index (χ4n) is 3.38. The largest absolute Gasteiger partial charge is 0.508 e. The Hall–Kier alpha value is -3.87. The van der Waals surface area contributed by atoms with Crippen LogP contribution in [-0.2, 0) is 25.6 Å². The summed E-state index contributed by atoms with van der Waals surface area (Å²) >= 11 is 0. The SMILES string of the molecule is CC(C)CC(NC(=O)C(C)NC(=O)C(N)CCCN=C(N)N)C(=O)NC(Cc1ccc(O)cc1)C(=O)O. The van der Waals surface area contributed by atoms with Gasteiger partial charge < -0.3 is 43.4 Å². The number of carboxylic acid groups (broad SMARTS) is 1. The smallest absolute Gasteiger partial charge is 0.326 e. The van der Waals surface area contributed by atoms with Crippen molar-refractivity contribution in [3.8, 4) is 5.75 Å². The third-order valence-corrected chi connectivity index (χ3v) is 5.39. The quantitative estimate of drug-likeness (QED) is 0.0794. The Labute approximate surface area is 216 Å². The lowest BCUT2D eigenvalue weighted by Gasteiger charge is -2.25. The second-order valence-corrected chi connectivity index (χ2v) is 9.25. The van der Waals surface area contributed by atoms with Gasteiger partial charge in [0.1, 0.15) is 23.9 Å². The van der Waals surface area contributed by atoms with Crippen molar-refractivity contribution < 1.29 is 29.4 Å². The number of carbonyl (C=O) groups is 4. The summed E-state index contributed by atoms with van der Waals surface area (Å²) < 4.78 is 0. The molecule has 4 atom stereocenters. The number of nitrogens with one attached hydrogen (secondary N) is 3. The summed E-state index contributed by atoms with van der Waals surface area (Å²) in [5.74, 6) is -3.09. The zero-order valence-electron chi connectivity index (χ0n) is 21.4. The van der Waals surface area contributed by atoms with Crippen LogP contribution in [0.5, 0.6) is 5.75 Å². The molecule has 11 N–H and O–H groups in total. The van der Waals surface area contributed by atoms with E-state index in [1.54, 1.807) is 12.1 Å². The van der Waals surface area contributed by atoms with E-state index in [4.69, 9.17) is 17.2 Å². The van der Waals surface area contributed by atoms with Crippen LogP contribution >= 0.6 is 0 Å². The van der Waals surface area contributed by atoms with Gasteiger partial charge in [-0.05, 0) is 49.8 Å². The van der Waals surface area contributed by atoms with Crippen molar-refractivity contribution in [1.29, 1.82) is 0 Å². The number of phenols is 1. The second-order valence-electron chi connectivity index (χ2n) is 9.25. The minimum Gasteiger partial charge on any atom is -0.508 e. The molecule has 0 aliphatic rings. The predicted octanol–water partition coefficient (Wildman–Crippen LogP) is -1.08.